The molecule has 0 amide bonds. The molecule has 0 saturated heterocycles. The van der Waals surface area contributed by atoms with Gasteiger partial charge in [0, 0.05) is 17.5 Å². The first-order valence-electron chi connectivity index (χ1n) is 5.74. The van der Waals surface area contributed by atoms with Crippen molar-refractivity contribution in [3.8, 4) is 11.5 Å². The minimum absolute atomic E-state index is 0.113. The standard InChI is InChI=1S/C14H10ClNO4/c15-11-3-6-14(13(9-11)16(18)19)20-12-4-1-10(2-5-12)7-8-17/h1-6,8-9H,7H2. The van der Waals surface area contributed by atoms with Crippen LogP contribution in [-0.2, 0) is 11.2 Å². The molecule has 0 saturated carbocycles. The van der Waals surface area contributed by atoms with Crippen LogP contribution in [0.4, 0.5) is 5.69 Å². The zero-order valence-electron chi connectivity index (χ0n) is 10.3. The first-order valence-corrected chi connectivity index (χ1v) is 6.12. The number of nitro groups is 1. The first kappa shape index (κ1) is 14.0. The van der Waals surface area contributed by atoms with Gasteiger partial charge in [-0.1, -0.05) is 23.7 Å². The second-order valence-corrected chi connectivity index (χ2v) is 4.42. The van der Waals surface area contributed by atoms with Crippen LogP contribution in [0.2, 0.25) is 5.02 Å². The molecule has 2 aromatic carbocycles. The molecule has 0 aromatic heterocycles. The molecule has 0 heterocycles. The molecule has 0 aliphatic heterocycles. The summed E-state index contributed by atoms with van der Waals surface area (Å²) in [5.74, 6) is 0.563. The van der Waals surface area contributed by atoms with E-state index in [0.29, 0.717) is 12.2 Å². The fourth-order valence-electron chi connectivity index (χ4n) is 1.64. The normalized spacial score (nSPS) is 10.1. The second kappa shape index (κ2) is 6.16. The number of ether oxygens (including phenoxy) is 1. The molecule has 0 unspecified atom stereocenters. The van der Waals surface area contributed by atoms with E-state index in [2.05, 4.69) is 0 Å². The monoisotopic (exact) mass is 291 g/mol. The molecule has 0 spiro atoms. The minimum atomic E-state index is -0.554. The smallest absolute Gasteiger partial charge is 0.313 e. The van der Waals surface area contributed by atoms with E-state index in [0.717, 1.165) is 11.8 Å². The lowest BCUT2D eigenvalue weighted by atomic mass is 10.2. The lowest BCUT2D eigenvalue weighted by Gasteiger charge is -2.07. The van der Waals surface area contributed by atoms with Crippen molar-refractivity contribution < 1.29 is 14.5 Å². The maximum Gasteiger partial charge on any atom is 0.313 e. The van der Waals surface area contributed by atoms with Gasteiger partial charge in [-0.2, -0.15) is 0 Å². The van der Waals surface area contributed by atoms with Crippen LogP contribution in [0.5, 0.6) is 11.5 Å². The molecule has 0 aliphatic carbocycles. The van der Waals surface area contributed by atoms with Crippen molar-refractivity contribution in [1.82, 2.24) is 0 Å². The number of carbonyl (C=O) groups excluding carboxylic acids is 1. The molecule has 20 heavy (non-hydrogen) atoms. The van der Waals surface area contributed by atoms with Crippen LogP contribution in [-0.4, -0.2) is 11.2 Å². The molecular formula is C14H10ClNO4. The topological polar surface area (TPSA) is 69.4 Å². The van der Waals surface area contributed by atoms with Crippen molar-refractivity contribution in [2.24, 2.45) is 0 Å². The molecule has 102 valence electrons. The maximum atomic E-state index is 10.9. The molecule has 0 N–H and O–H groups in total. The highest BCUT2D eigenvalue weighted by Crippen LogP contribution is 2.33. The Morgan fingerprint density at radius 2 is 1.90 bits per heavy atom. The van der Waals surface area contributed by atoms with E-state index in [1.165, 1.54) is 18.2 Å². The van der Waals surface area contributed by atoms with Crippen molar-refractivity contribution in [1.29, 1.82) is 0 Å². The molecule has 0 radical (unpaired) electrons. The SMILES string of the molecule is O=CCc1ccc(Oc2ccc(Cl)cc2[N+](=O)[O-])cc1. The Morgan fingerprint density at radius 3 is 2.50 bits per heavy atom. The van der Waals surface area contributed by atoms with Gasteiger partial charge in [-0.05, 0) is 29.8 Å². The third kappa shape index (κ3) is 3.33. The number of carbonyl (C=O) groups is 1. The highest BCUT2D eigenvalue weighted by atomic mass is 35.5. The molecule has 0 bridgehead atoms. The third-order valence-electron chi connectivity index (χ3n) is 2.59. The van der Waals surface area contributed by atoms with Crippen LogP contribution in [0.1, 0.15) is 5.56 Å². The van der Waals surface area contributed by atoms with Crippen molar-refractivity contribution in [3.63, 3.8) is 0 Å². The average Bonchev–Trinajstić information content (AvgIpc) is 2.43. The molecular weight excluding hydrogens is 282 g/mol. The third-order valence-corrected chi connectivity index (χ3v) is 2.82. The van der Waals surface area contributed by atoms with Crippen LogP contribution in [0.3, 0.4) is 0 Å². The Balaban J connectivity index is 2.25. The van der Waals surface area contributed by atoms with Gasteiger partial charge >= 0.3 is 5.69 Å². The predicted molar refractivity (Wildman–Crippen MR) is 74.4 cm³/mol. The van der Waals surface area contributed by atoms with E-state index in [4.69, 9.17) is 16.3 Å². The number of halogens is 1. The van der Waals surface area contributed by atoms with Gasteiger partial charge in [0.25, 0.3) is 0 Å². The Kier molecular flexibility index (Phi) is 4.32. The predicted octanol–water partition coefficient (Wildman–Crippen LogP) is 3.78. The molecule has 0 atom stereocenters. The van der Waals surface area contributed by atoms with Crippen LogP contribution >= 0.6 is 11.6 Å². The van der Waals surface area contributed by atoms with Crippen LogP contribution in [0, 0.1) is 10.1 Å². The summed E-state index contributed by atoms with van der Waals surface area (Å²) in [7, 11) is 0. The van der Waals surface area contributed by atoms with Crippen LogP contribution in [0.15, 0.2) is 42.5 Å². The summed E-state index contributed by atoms with van der Waals surface area (Å²) in [4.78, 5) is 20.8. The lowest BCUT2D eigenvalue weighted by Crippen LogP contribution is -1.93. The quantitative estimate of drug-likeness (QED) is 0.477. The lowest BCUT2D eigenvalue weighted by molar-refractivity contribution is -0.385. The van der Waals surface area contributed by atoms with E-state index >= 15 is 0 Å². The summed E-state index contributed by atoms with van der Waals surface area (Å²) in [6.07, 6.45) is 1.13. The zero-order valence-corrected chi connectivity index (χ0v) is 11.0. The molecule has 6 heteroatoms. The highest BCUT2D eigenvalue weighted by Gasteiger charge is 2.16. The van der Waals surface area contributed by atoms with E-state index in [-0.39, 0.29) is 16.5 Å². The maximum absolute atomic E-state index is 10.9. The molecule has 2 aromatic rings. The fourth-order valence-corrected chi connectivity index (χ4v) is 1.80. The Morgan fingerprint density at radius 1 is 1.20 bits per heavy atom. The molecule has 0 aliphatic rings. The van der Waals surface area contributed by atoms with Crippen LogP contribution in [0.25, 0.3) is 0 Å². The molecule has 5 nitrogen and oxygen atoms in total. The van der Waals surface area contributed by atoms with E-state index in [9.17, 15) is 14.9 Å². The van der Waals surface area contributed by atoms with Crippen molar-refractivity contribution in [3.05, 3.63) is 63.2 Å². The van der Waals surface area contributed by atoms with Crippen molar-refractivity contribution in [2.75, 3.05) is 0 Å². The summed E-state index contributed by atoms with van der Waals surface area (Å²) >= 11 is 5.73. The van der Waals surface area contributed by atoms with Crippen molar-refractivity contribution >= 4 is 23.6 Å². The summed E-state index contributed by atoms with van der Waals surface area (Å²) < 4.78 is 5.47. The Bertz CT molecular complexity index is 640. The van der Waals surface area contributed by atoms with E-state index in [1.54, 1.807) is 24.3 Å². The zero-order chi connectivity index (χ0) is 14.5. The summed E-state index contributed by atoms with van der Waals surface area (Å²) in [5, 5.41) is 11.2. The number of benzene rings is 2. The highest BCUT2D eigenvalue weighted by molar-refractivity contribution is 6.30. The van der Waals surface area contributed by atoms with E-state index in [1.807, 2.05) is 0 Å². The number of aldehydes is 1. The largest absolute Gasteiger partial charge is 0.450 e. The summed E-state index contributed by atoms with van der Waals surface area (Å²) in [5.41, 5.74) is 0.646. The number of nitrogens with zero attached hydrogens (tertiary/aromatic N) is 1. The van der Waals surface area contributed by atoms with Gasteiger partial charge in [0.2, 0.25) is 5.75 Å². The van der Waals surface area contributed by atoms with Crippen molar-refractivity contribution in [2.45, 2.75) is 6.42 Å². The molecule has 2 rings (SSSR count). The first-order chi connectivity index (χ1) is 9.60. The number of hydrogen-bond acceptors (Lipinski definition) is 4. The number of hydrogen-bond donors (Lipinski definition) is 0. The van der Waals surface area contributed by atoms with Gasteiger partial charge in [-0.3, -0.25) is 10.1 Å². The van der Waals surface area contributed by atoms with Gasteiger partial charge in [0.1, 0.15) is 12.0 Å². The minimum Gasteiger partial charge on any atom is -0.450 e. The van der Waals surface area contributed by atoms with Gasteiger partial charge in [0.05, 0.1) is 4.92 Å². The Labute approximate surface area is 119 Å². The van der Waals surface area contributed by atoms with E-state index < -0.39 is 4.92 Å². The fraction of sp³-hybridized carbons (Fsp3) is 0.0714. The second-order valence-electron chi connectivity index (χ2n) is 3.99. The average molecular weight is 292 g/mol. The number of nitro benzene ring substituents is 1. The van der Waals surface area contributed by atoms with Gasteiger partial charge in [0.15, 0.2) is 0 Å². The van der Waals surface area contributed by atoms with Gasteiger partial charge in [-0.25, -0.2) is 0 Å². The number of rotatable bonds is 5. The summed E-state index contributed by atoms with van der Waals surface area (Å²) in [6, 6.07) is 11.0. The van der Waals surface area contributed by atoms with Crippen LogP contribution < -0.4 is 4.74 Å². The Hall–Kier alpha value is -2.40. The summed E-state index contributed by atoms with van der Waals surface area (Å²) in [6.45, 7) is 0. The van der Waals surface area contributed by atoms with Gasteiger partial charge < -0.3 is 9.53 Å². The van der Waals surface area contributed by atoms with Gasteiger partial charge in [-0.15, -0.1) is 0 Å². The molecule has 0 fully saturated rings.